The Morgan fingerprint density at radius 2 is 1.94 bits per heavy atom. The molecule has 0 bridgehead atoms. The lowest BCUT2D eigenvalue weighted by molar-refractivity contribution is -0.275. The number of rotatable bonds is 4. The molecule has 0 radical (unpaired) electrons. The molecule has 0 aliphatic rings. The van der Waals surface area contributed by atoms with Crippen LogP contribution >= 0.6 is 0 Å². The second-order valence-corrected chi connectivity index (χ2v) is 4.42. The zero-order chi connectivity index (χ0) is 13.1. The number of carbonyl (C=O) groups is 1. The van der Waals surface area contributed by atoms with Gasteiger partial charge in [0.1, 0.15) is 11.2 Å². The van der Waals surface area contributed by atoms with Crippen LogP contribution in [0.3, 0.4) is 0 Å². The predicted molar refractivity (Wildman–Crippen MR) is 61.4 cm³/mol. The van der Waals surface area contributed by atoms with Crippen molar-refractivity contribution in [2.45, 2.75) is 26.4 Å². The van der Waals surface area contributed by atoms with Crippen molar-refractivity contribution < 1.29 is 24.4 Å². The van der Waals surface area contributed by atoms with Gasteiger partial charge >= 0.3 is 5.97 Å². The molecule has 0 unspecified atom stereocenters. The number of ether oxygens (including phenoxy) is 1. The highest BCUT2D eigenvalue weighted by Crippen LogP contribution is 2.31. The molecule has 0 amide bonds. The topological polar surface area (TPSA) is 65.0 Å². The third-order valence-electron chi connectivity index (χ3n) is 1.79. The lowest BCUT2D eigenvalue weighted by atomic mass is 10.2. The van der Waals surface area contributed by atoms with E-state index in [9.17, 15) is 4.79 Å². The quantitative estimate of drug-likeness (QED) is 0.647. The van der Waals surface area contributed by atoms with Crippen molar-refractivity contribution in [3.8, 4) is 11.5 Å². The molecule has 0 heterocycles. The van der Waals surface area contributed by atoms with Gasteiger partial charge in [0.2, 0.25) is 5.75 Å². The van der Waals surface area contributed by atoms with Crippen molar-refractivity contribution >= 4 is 5.97 Å². The van der Waals surface area contributed by atoms with Crippen LogP contribution in [0.25, 0.3) is 0 Å². The molecule has 1 aromatic rings. The molecule has 0 aliphatic heterocycles. The molecule has 0 aliphatic carbocycles. The Kier molecular flexibility index (Phi) is 3.96. The van der Waals surface area contributed by atoms with Gasteiger partial charge in [-0.15, -0.1) is 0 Å². The fraction of sp³-hybridized carbons (Fsp3) is 0.417. The van der Waals surface area contributed by atoms with E-state index in [1.54, 1.807) is 12.1 Å². The molecule has 0 atom stereocenters. The van der Waals surface area contributed by atoms with E-state index in [1.165, 1.54) is 13.2 Å². The summed E-state index contributed by atoms with van der Waals surface area (Å²) in [6.07, 6.45) is 0. The van der Waals surface area contributed by atoms with Crippen LogP contribution in [-0.4, -0.2) is 23.8 Å². The molecule has 94 valence electrons. The molecule has 0 spiro atoms. The Morgan fingerprint density at radius 3 is 2.41 bits per heavy atom. The number of aromatic carboxylic acids is 1. The van der Waals surface area contributed by atoms with Crippen LogP contribution in [0.15, 0.2) is 18.2 Å². The minimum atomic E-state index is -1.08. The summed E-state index contributed by atoms with van der Waals surface area (Å²) in [6.45, 7) is 5.46. The normalized spacial score (nSPS) is 11.1. The van der Waals surface area contributed by atoms with E-state index >= 15 is 0 Å². The fourth-order valence-corrected chi connectivity index (χ4v) is 1.13. The van der Waals surface area contributed by atoms with Gasteiger partial charge in [-0.3, -0.25) is 0 Å². The van der Waals surface area contributed by atoms with Crippen molar-refractivity contribution in [3.63, 3.8) is 0 Å². The predicted octanol–water partition coefficient (Wildman–Crippen LogP) is 2.50. The molecular formula is C12H16O5. The summed E-state index contributed by atoms with van der Waals surface area (Å²) in [7, 11) is 1.38. The van der Waals surface area contributed by atoms with Gasteiger partial charge in [-0.25, -0.2) is 4.79 Å². The van der Waals surface area contributed by atoms with E-state index in [0.29, 0.717) is 0 Å². The van der Waals surface area contributed by atoms with E-state index < -0.39 is 11.6 Å². The van der Waals surface area contributed by atoms with Gasteiger partial charge in [-0.05, 0) is 32.9 Å². The lowest BCUT2D eigenvalue weighted by Gasteiger charge is -2.19. The van der Waals surface area contributed by atoms with E-state index in [-0.39, 0.29) is 17.1 Å². The molecule has 0 aromatic heterocycles. The van der Waals surface area contributed by atoms with Crippen LogP contribution in [0.5, 0.6) is 11.5 Å². The Bertz CT molecular complexity index is 406. The van der Waals surface area contributed by atoms with E-state index in [4.69, 9.17) is 19.6 Å². The van der Waals surface area contributed by atoms with Gasteiger partial charge in [0.15, 0.2) is 5.75 Å². The van der Waals surface area contributed by atoms with Gasteiger partial charge in [0.25, 0.3) is 0 Å². The van der Waals surface area contributed by atoms with Crippen LogP contribution in [0.1, 0.15) is 31.1 Å². The van der Waals surface area contributed by atoms with Crippen molar-refractivity contribution in [2.24, 2.45) is 0 Å². The standard InChI is InChI=1S/C12H16O5/c1-12(2,3)17-16-9-7-5-6-8(11(13)14)10(9)15-4/h5-7H,1-4H3,(H,13,14). The Hall–Kier alpha value is -1.75. The lowest BCUT2D eigenvalue weighted by Crippen LogP contribution is -2.21. The van der Waals surface area contributed by atoms with Crippen LogP contribution in [0.2, 0.25) is 0 Å². The van der Waals surface area contributed by atoms with Gasteiger partial charge in [0.05, 0.1) is 7.11 Å². The summed E-state index contributed by atoms with van der Waals surface area (Å²) in [5, 5.41) is 8.97. The number of carboxylic acid groups (broad SMARTS) is 1. The fourth-order valence-electron chi connectivity index (χ4n) is 1.13. The number of hydrogen-bond donors (Lipinski definition) is 1. The average molecular weight is 240 g/mol. The first-order chi connectivity index (χ1) is 7.85. The van der Waals surface area contributed by atoms with Crippen molar-refractivity contribution in [1.82, 2.24) is 0 Å². The number of benzene rings is 1. The highest BCUT2D eigenvalue weighted by Gasteiger charge is 2.19. The van der Waals surface area contributed by atoms with Crippen molar-refractivity contribution in [2.75, 3.05) is 7.11 Å². The first-order valence-corrected chi connectivity index (χ1v) is 5.11. The zero-order valence-electron chi connectivity index (χ0n) is 10.3. The molecule has 17 heavy (non-hydrogen) atoms. The van der Waals surface area contributed by atoms with Crippen LogP contribution in [0.4, 0.5) is 0 Å². The molecule has 1 aromatic carbocycles. The minimum Gasteiger partial charge on any atom is -0.492 e. The molecule has 5 nitrogen and oxygen atoms in total. The highest BCUT2D eigenvalue weighted by atomic mass is 17.2. The third-order valence-corrected chi connectivity index (χ3v) is 1.79. The molecule has 0 fully saturated rings. The first kappa shape index (κ1) is 13.3. The summed E-state index contributed by atoms with van der Waals surface area (Å²) in [5.41, 5.74) is -0.466. The molecular weight excluding hydrogens is 224 g/mol. The van der Waals surface area contributed by atoms with Crippen molar-refractivity contribution in [1.29, 1.82) is 0 Å². The summed E-state index contributed by atoms with van der Waals surface area (Å²) in [5.74, 6) is -0.699. The maximum atomic E-state index is 11.0. The van der Waals surface area contributed by atoms with Gasteiger partial charge in [-0.1, -0.05) is 6.07 Å². The molecule has 5 heteroatoms. The van der Waals surface area contributed by atoms with E-state index in [0.717, 1.165) is 0 Å². The van der Waals surface area contributed by atoms with Crippen LogP contribution < -0.4 is 9.62 Å². The second-order valence-electron chi connectivity index (χ2n) is 4.42. The number of para-hydroxylation sites is 1. The Labute approximate surface area is 99.8 Å². The van der Waals surface area contributed by atoms with Gasteiger partial charge < -0.3 is 14.7 Å². The van der Waals surface area contributed by atoms with E-state index in [1.807, 2.05) is 20.8 Å². The van der Waals surface area contributed by atoms with Gasteiger partial charge in [-0.2, -0.15) is 4.89 Å². The smallest absolute Gasteiger partial charge is 0.339 e. The minimum absolute atomic E-state index is 0.0301. The molecule has 1 rings (SSSR count). The first-order valence-electron chi connectivity index (χ1n) is 5.11. The number of methoxy groups -OCH3 is 1. The Balaban J connectivity index is 2.99. The van der Waals surface area contributed by atoms with Crippen LogP contribution in [0, 0.1) is 0 Å². The number of hydrogen-bond acceptors (Lipinski definition) is 4. The molecule has 0 saturated carbocycles. The average Bonchev–Trinajstić information content (AvgIpc) is 2.24. The summed E-state index contributed by atoms with van der Waals surface area (Å²) >= 11 is 0. The molecule has 0 saturated heterocycles. The maximum absolute atomic E-state index is 11.0. The molecule has 1 N–H and O–H groups in total. The summed E-state index contributed by atoms with van der Waals surface area (Å²) in [4.78, 5) is 21.2. The summed E-state index contributed by atoms with van der Waals surface area (Å²) in [6, 6.07) is 4.58. The monoisotopic (exact) mass is 240 g/mol. The Morgan fingerprint density at radius 1 is 1.29 bits per heavy atom. The maximum Gasteiger partial charge on any atom is 0.339 e. The van der Waals surface area contributed by atoms with Gasteiger partial charge in [0, 0.05) is 0 Å². The number of carboxylic acids is 1. The SMILES string of the molecule is COc1c(OOC(C)(C)C)cccc1C(=O)O. The van der Waals surface area contributed by atoms with Crippen molar-refractivity contribution in [3.05, 3.63) is 23.8 Å². The van der Waals surface area contributed by atoms with E-state index in [2.05, 4.69) is 0 Å². The largest absolute Gasteiger partial charge is 0.492 e. The zero-order valence-corrected chi connectivity index (χ0v) is 10.3. The summed E-state index contributed by atoms with van der Waals surface area (Å²) < 4.78 is 5.02. The third kappa shape index (κ3) is 3.64. The highest BCUT2D eigenvalue weighted by molar-refractivity contribution is 5.91. The second kappa shape index (κ2) is 5.05. The van der Waals surface area contributed by atoms with Crippen LogP contribution in [-0.2, 0) is 4.89 Å².